The smallest absolute Gasteiger partial charge is 0.466 e. The van der Waals surface area contributed by atoms with E-state index in [1.165, 1.54) is 0 Å². The molecule has 0 unspecified atom stereocenters. The second-order valence-electron chi connectivity index (χ2n) is 1.35. The van der Waals surface area contributed by atoms with Crippen molar-refractivity contribution in [1.82, 2.24) is 4.98 Å². The van der Waals surface area contributed by atoms with Crippen molar-refractivity contribution in [2.24, 2.45) is 0 Å². The molecule has 64 valence electrons. The van der Waals surface area contributed by atoms with Crippen molar-refractivity contribution in [3.05, 3.63) is 24.5 Å². The number of aromatic nitrogens is 1. The van der Waals surface area contributed by atoms with Crippen LogP contribution in [0, 0.1) is 0 Å². The molecule has 1 aromatic heterocycles. The third kappa shape index (κ3) is 25.5. The third-order valence-corrected chi connectivity index (χ3v) is 0.455. The Hall–Kier alpha value is 0.0783. The molecule has 7 heteroatoms. The Morgan fingerprint density at radius 1 is 1.09 bits per heavy atom. The molecule has 0 aliphatic heterocycles. The molecular formula is C4H7NO4PW-. The van der Waals surface area contributed by atoms with Gasteiger partial charge >= 0.3 is 7.82 Å². The van der Waals surface area contributed by atoms with E-state index < -0.39 is 7.82 Å². The monoisotopic (exact) mass is 348 g/mol. The first-order valence-electron chi connectivity index (χ1n) is 2.30. The van der Waals surface area contributed by atoms with E-state index in [1.807, 2.05) is 12.1 Å². The maximum absolute atomic E-state index is 8.88. The van der Waals surface area contributed by atoms with Crippen LogP contribution in [0.3, 0.4) is 0 Å². The molecule has 0 spiro atoms. The zero-order valence-electron chi connectivity index (χ0n) is 5.36. The van der Waals surface area contributed by atoms with Crippen LogP contribution < -0.4 is 4.98 Å². The molecule has 0 saturated carbocycles. The van der Waals surface area contributed by atoms with Crippen LogP contribution in [0.2, 0.25) is 0 Å². The van der Waals surface area contributed by atoms with Gasteiger partial charge in [-0.1, -0.05) is 12.1 Å². The summed E-state index contributed by atoms with van der Waals surface area (Å²) in [5, 5.41) is 0. The summed E-state index contributed by atoms with van der Waals surface area (Å²) >= 11 is 0. The topological polar surface area (TPSA) is 91.9 Å². The Labute approximate surface area is 78.0 Å². The predicted molar refractivity (Wildman–Crippen MR) is 34.0 cm³/mol. The van der Waals surface area contributed by atoms with Crippen molar-refractivity contribution < 1.29 is 40.3 Å². The standard InChI is InChI=1S/C4H4N.H3O4P.W/c1-2-4-5-3-1;1-5(2,3)4;/h1-4H;(H3,1,2,3,4);/q-1;;. The van der Waals surface area contributed by atoms with Crippen LogP contribution in [-0.2, 0) is 25.6 Å². The van der Waals surface area contributed by atoms with Gasteiger partial charge in [-0.2, -0.15) is 12.4 Å². The number of hydrogen-bond donors (Lipinski definition) is 3. The number of rotatable bonds is 0. The molecule has 3 N–H and O–H groups in total. The van der Waals surface area contributed by atoms with Crippen molar-refractivity contribution in [1.29, 1.82) is 0 Å². The minimum absolute atomic E-state index is 0. The van der Waals surface area contributed by atoms with Gasteiger partial charge in [-0.15, -0.1) is 0 Å². The number of hydrogen-bond acceptors (Lipinski definition) is 1. The Morgan fingerprint density at radius 2 is 1.36 bits per heavy atom. The molecule has 0 atom stereocenters. The Kier molecular flexibility index (Phi) is 8.40. The van der Waals surface area contributed by atoms with Crippen LogP contribution in [0.5, 0.6) is 0 Å². The predicted octanol–water partition coefficient (Wildman–Crippen LogP) is -0.287. The van der Waals surface area contributed by atoms with Crippen LogP contribution in [0.25, 0.3) is 0 Å². The molecule has 0 fully saturated rings. The largest absolute Gasteiger partial charge is 0.670 e. The van der Waals surface area contributed by atoms with Gasteiger partial charge in [0.05, 0.1) is 0 Å². The van der Waals surface area contributed by atoms with Crippen molar-refractivity contribution in [3.63, 3.8) is 0 Å². The first-order chi connectivity index (χ1) is 4.50. The molecule has 0 aliphatic rings. The average Bonchev–Trinajstić information content (AvgIpc) is 2.07. The summed E-state index contributed by atoms with van der Waals surface area (Å²) in [7, 11) is -4.64. The summed E-state index contributed by atoms with van der Waals surface area (Å²) in [5.74, 6) is 0. The minimum Gasteiger partial charge on any atom is -0.670 e. The Morgan fingerprint density at radius 3 is 1.45 bits per heavy atom. The maximum atomic E-state index is 8.88. The molecular weight excluding hydrogens is 341 g/mol. The van der Waals surface area contributed by atoms with Gasteiger partial charge in [0.15, 0.2) is 0 Å². The van der Waals surface area contributed by atoms with Gasteiger partial charge in [-0.3, -0.25) is 0 Å². The zero-order chi connectivity index (χ0) is 8.04. The van der Waals surface area contributed by atoms with Gasteiger partial charge in [0.2, 0.25) is 0 Å². The zero-order valence-corrected chi connectivity index (χ0v) is 9.19. The second kappa shape index (κ2) is 6.77. The van der Waals surface area contributed by atoms with Gasteiger partial charge in [0, 0.05) is 21.1 Å². The SMILES string of the molecule is O=P(O)(O)O.[W].c1cc[n-]c1. The van der Waals surface area contributed by atoms with Crippen molar-refractivity contribution in [3.8, 4) is 0 Å². The molecule has 0 bridgehead atoms. The van der Waals surface area contributed by atoms with Crippen LogP contribution in [0.1, 0.15) is 0 Å². The third-order valence-electron chi connectivity index (χ3n) is 0.455. The van der Waals surface area contributed by atoms with Gasteiger partial charge in [-0.05, 0) is 0 Å². The van der Waals surface area contributed by atoms with E-state index in [9.17, 15) is 0 Å². The molecule has 0 aromatic carbocycles. The first-order valence-corrected chi connectivity index (χ1v) is 3.86. The summed E-state index contributed by atoms with van der Waals surface area (Å²) < 4.78 is 8.88. The minimum atomic E-state index is -4.64. The van der Waals surface area contributed by atoms with E-state index in [1.54, 1.807) is 12.4 Å². The number of phosphoric acid groups is 1. The van der Waals surface area contributed by atoms with Gasteiger partial charge in [0.25, 0.3) is 0 Å². The average molecular weight is 348 g/mol. The fourth-order valence-electron chi connectivity index (χ4n) is 0.248. The quantitative estimate of drug-likeness (QED) is 0.561. The van der Waals surface area contributed by atoms with Crippen LogP contribution in [-0.4, -0.2) is 14.7 Å². The summed E-state index contributed by atoms with van der Waals surface area (Å²) in [6.07, 6.45) is 3.50. The van der Waals surface area contributed by atoms with Crippen molar-refractivity contribution in [2.75, 3.05) is 0 Å². The van der Waals surface area contributed by atoms with Gasteiger partial charge < -0.3 is 19.7 Å². The summed E-state index contributed by atoms with van der Waals surface area (Å²) in [4.78, 5) is 25.3. The summed E-state index contributed by atoms with van der Waals surface area (Å²) in [6, 6.07) is 3.78. The number of nitrogens with zero attached hydrogens (tertiary/aromatic N) is 1. The Bertz CT molecular complexity index is 170. The molecule has 0 amide bonds. The summed E-state index contributed by atoms with van der Waals surface area (Å²) in [5.41, 5.74) is 0. The molecule has 0 radical (unpaired) electrons. The molecule has 5 nitrogen and oxygen atoms in total. The molecule has 0 aliphatic carbocycles. The molecule has 1 heterocycles. The fraction of sp³-hybridized carbons (Fsp3) is 0. The van der Waals surface area contributed by atoms with E-state index in [0.717, 1.165) is 0 Å². The molecule has 0 saturated heterocycles. The van der Waals surface area contributed by atoms with Crippen LogP contribution in [0.15, 0.2) is 24.5 Å². The second-order valence-corrected chi connectivity index (χ2v) is 2.37. The molecule has 1 aromatic rings. The van der Waals surface area contributed by atoms with Crippen molar-refractivity contribution >= 4 is 7.82 Å². The molecule has 1 rings (SSSR count). The molecule has 11 heavy (non-hydrogen) atoms. The van der Waals surface area contributed by atoms with Crippen molar-refractivity contribution in [2.45, 2.75) is 0 Å². The first kappa shape index (κ1) is 13.7. The normalized spacial score (nSPS) is 9.00. The van der Waals surface area contributed by atoms with Gasteiger partial charge in [0.1, 0.15) is 0 Å². The Balaban J connectivity index is 0. The van der Waals surface area contributed by atoms with E-state index >= 15 is 0 Å². The van der Waals surface area contributed by atoms with E-state index in [4.69, 9.17) is 19.2 Å². The summed E-state index contributed by atoms with van der Waals surface area (Å²) in [6.45, 7) is 0. The van der Waals surface area contributed by atoms with E-state index in [2.05, 4.69) is 4.98 Å². The van der Waals surface area contributed by atoms with Crippen LogP contribution in [0.4, 0.5) is 0 Å². The maximum Gasteiger partial charge on any atom is 0.466 e. The van der Waals surface area contributed by atoms with E-state index in [0.29, 0.717) is 0 Å². The van der Waals surface area contributed by atoms with Crippen LogP contribution >= 0.6 is 7.82 Å². The fourth-order valence-corrected chi connectivity index (χ4v) is 0.248. The van der Waals surface area contributed by atoms with E-state index in [-0.39, 0.29) is 21.1 Å². The van der Waals surface area contributed by atoms with Gasteiger partial charge in [-0.25, -0.2) is 4.57 Å².